The molecule has 0 unspecified atom stereocenters. The van der Waals surface area contributed by atoms with Gasteiger partial charge in [0.2, 0.25) is 0 Å². The Morgan fingerprint density at radius 3 is 2.20 bits per heavy atom. The molecular formula is C15H12F3NO5S. The van der Waals surface area contributed by atoms with Crippen molar-refractivity contribution in [3.05, 3.63) is 54.1 Å². The molecule has 2 aromatic rings. The van der Waals surface area contributed by atoms with Gasteiger partial charge >= 0.3 is 12.3 Å². The molecule has 0 aliphatic rings. The van der Waals surface area contributed by atoms with E-state index in [1.807, 2.05) is 0 Å². The van der Waals surface area contributed by atoms with Crippen LogP contribution in [0.15, 0.2) is 53.4 Å². The molecule has 0 spiro atoms. The number of halogens is 3. The molecule has 134 valence electrons. The molecule has 2 aromatic carbocycles. The average Bonchev–Trinajstić information content (AvgIpc) is 2.53. The lowest BCUT2D eigenvalue weighted by Gasteiger charge is -2.12. The van der Waals surface area contributed by atoms with Crippen LogP contribution in [0.2, 0.25) is 0 Å². The number of nitrogens with one attached hydrogen (secondary N) is 1. The van der Waals surface area contributed by atoms with Crippen molar-refractivity contribution in [2.24, 2.45) is 0 Å². The first-order valence-electron chi connectivity index (χ1n) is 6.68. The van der Waals surface area contributed by atoms with Gasteiger partial charge in [0.25, 0.3) is 10.0 Å². The second-order valence-electron chi connectivity index (χ2n) is 4.66. The van der Waals surface area contributed by atoms with E-state index in [9.17, 15) is 26.4 Å². The Hall–Kier alpha value is -2.75. The van der Waals surface area contributed by atoms with Gasteiger partial charge in [-0.15, -0.1) is 13.2 Å². The third kappa shape index (κ3) is 4.86. The molecule has 6 nitrogen and oxygen atoms in total. The van der Waals surface area contributed by atoms with Crippen LogP contribution in [0.3, 0.4) is 0 Å². The largest absolute Gasteiger partial charge is 0.573 e. The highest BCUT2D eigenvalue weighted by molar-refractivity contribution is 7.92. The van der Waals surface area contributed by atoms with Gasteiger partial charge in [-0.3, -0.25) is 4.72 Å². The fourth-order valence-corrected chi connectivity index (χ4v) is 2.96. The summed E-state index contributed by atoms with van der Waals surface area (Å²) in [6.45, 7) is 0. The zero-order chi connectivity index (χ0) is 18.7. The number of anilines is 1. The Bertz CT molecular complexity index is 863. The van der Waals surface area contributed by atoms with Gasteiger partial charge in [0.15, 0.2) is 0 Å². The van der Waals surface area contributed by atoms with Crippen molar-refractivity contribution < 1.29 is 35.9 Å². The van der Waals surface area contributed by atoms with Gasteiger partial charge in [0, 0.05) is 0 Å². The van der Waals surface area contributed by atoms with E-state index in [1.54, 1.807) is 0 Å². The molecule has 0 amide bonds. The Kier molecular flexibility index (Phi) is 5.21. The van der Waals surface area contributed by atoms with Crippen LogP contribution in [0.1, 0.15) is 10.4 Å². The monoisotopic (exact) mass is 375 g/mol. The maximum absolute atomic E-state index is 12.3. The van der Waals surface area contributed by atoms with Crippen molar-refractivity contribution in [3.63, 3.8) is 0 Å². The summed E-state index contributed by atoms with van der Waals surface area (Å²) in [5, 5.41) is 0. The topological polar surface area (TPSA) is 81.7 Å². The number of sulfonamides is 1. The summed E-state index contributed by atoms with van der Waals surface area (Å²) in [7, 11) is -2.99. The van der Waals surface area contributed by atoms with E-state index < -0.39 is 28.1 Å². The number of carbonyl (C=O) groups excluding carboxylic acids is 1. The molecule has 0 atom stereocenters. The van der Waals surface area contributed by atoms with E-state index in [4.69, 9.17) is 0 Å². The first kappa shape index (κ1) is 18.6. The van der Waals surface area contributed by atoms with Gasteiger partial charge in [-0.2, -0.15) is 0 Å². The van der Waals surface area contributed by atoms with E-state index in [1.165, 1.54) is 24.3 Å². The Balaban J connectivity index is 2.27. The number of ether oxygens (including phenoxy) is 2. The maximum Gasteiger partial charge on any atom is 0.573 e. The number of alkyl halides is 3. The molecule has 10 heteroatoms. The Morgan fingerprint density at radius 2 is 1.64 bits per heavy atom. The maximum atomic E-state index is 12.3. The molecule has 25 heavy (non-hydrogen) atoms. The number of rotatable bonds is 5. The summed E-state index contributed by atoms with van der Waals surface area (Å²) < 4.78 is 71.5. The summed E-state index contributed by atoms with van der Waals surface area (Å²) in [5.74, 6) is -1.30. The summed E-state index contributed by atoms with van der Waals surface area (Å²) in [6.07, 6.45) is -4.88. The first-order valence-corrected chi connectivity index (χ1v) is 8.17. The molecule has 0 aromatic heterocycles. The van der Waals surface area contributed by atoms with Crippen molar-refractivity contribution in [2.75, 3.05) is 11.8 Å². The quantitative estimate of drug-likeness (QED) is 0.812. The first-order chi connectivity index (χ1) is 11.6. The van der Waals surface area contributed by atoms with Crippen molar-refractivity contribution in [2.45, 2.75) is 11.3 Å². The normalized spacial score (nSPS) is 11.7. The van der Waals surface area contributed by atoms with Crippen molar-refractivity contribution in [3.8, 4) is 5.75 Å². The number of esters is 1. The molecule has 0 aliphatic heterocycles. The van der Waals surface area contributed by atoms with E-state index in [2.05, 4.69) is 14.2 Å². The van der Waals surface area contributed by atoms with Crippen LogP contribution >= 0.6 is 0 Å². The summed E-state index contributed by atoms with van der Waals surface area (Å²) in [6, 6.07) is 9.38. The van der Waals surface area contributed by atoms with Crippen LogP contribution in [-0.2, 0) is 14.8 Å². The molecule has 0 saturated carbocycles. The number of hydrogen-bond donors (Lipinski definition) is 1. The molecule has 2 rings (SSSR count). The SMILES string of the molecule is COC(=O)c1ccccc1NS(=O)(=O)c1ccc(OC(F)(F)F)cc1. The summed E-state index contributed by atoms with van der Waals surface area (Å²) in [4.78, 5) is 11.4. The number of para-hydroxylation sites is 1. The molecule has 0 aliphatic carbocycles. The van der Waals surface area contributed by atoms with Crippen LogP contribution in [-0.4, -0.2) is 27.9 Å². The number of carbonyl (C=O) groups is 1. The third-order valence-electron chi connectivity index (χ3n) is 2.94. The minimum atomic E-state index is -4.88. The molecular weight excluding hydrogens is 363 g/mol. The van der Waals surface area contributed by atoms with Gasteiger partial charge in [0.1, 0.15) is 5.75 Å². The smallest absolute Gasteiger partial charge is 0.465 e. The lowest BCUT2D eigenvalue weighted by molar-refractivity contribution is -0.274. The highest BCUT2D eigenvalue weighted by atomic mass is 32.2. The summed E-state index contributed by atoms with van der Waals surface area (Å²) in [5.41, 5.74) is -0.0319. The highest BCUT2D eigenvalue weighted by Gasteiger charge is 2.31. The number of hydrogen-bond acceptors (Lipinski definition) is 5. The molecule has 0 saturated heterocycles. The predicted molar refractivity (Wildman–Crippen MR) is 81.7 cm³/mol. The zero-order valence-corrected chi connectivity index (χ0v) is 13.5. The Labute approximate surface area is 141 Å². The van der Waals surface area contributed by atoms with Crippen molar-refractivity contribution >= 4 is 21.7 Å². The lowest BCUT2D eigenvalue weighted by atomic mass is 10.2. The van der Waals surface area contributed by atoms with Crippen molar-refractivity contribution in [1.82, 2.24) is 0 Å². The minimum absolute atomic E-state index is 0.00870. The third-order valence-corrected chi connectivity index (χ3v) is 4.33. The fraction of sp³-hybridized carbons (Fsp3) is 0.133. The summed E-state index contributed by atoms with van der Waals surface area (Å²) >= 11 is 0. The number of benzene rings is 2. The zero-order valence-electron chi connectivity index (χ0n) is 12.7. The average molecular weight is 375 g/mol. The second-order valence-corrected chi connectivity index (χ2v) is 6.34. The van der Waals surface area contributed by atoms with Gasteiger partial charge in [0.05, 0.1) is 23.3 Å². The molecule has 0 heterocycles. The standard InChI is InChI=1S/C15H12F3NO5S/c1-23-14(20)12-4-2-3-5-13(12)19-25(21,22)11-8-6-10(7-9-11)24-15(16,17)18/h2-9,19H,1H3. The van der Waals surface area contributed by atoms with Crippen LogP contribution in [0.4, 0.5) is 18.9 Å². The molecule has 0 bridgehead atoms. The van der Waals surface area contributed by atoms with E-state index >= 15 is 0 Å². The molecule has 0 fully saturated rings. The lowest BCUT2D eigenvalue weighted by Crippen LogP contribution is -2.18. The van der Waals surface area contributed by atoms with Crippen LogP contribution in [0.25, 0.3) is 0 Å². The van der Waals surface area contributed by atoms with Gasteiger partial charge < -0.3 is 9.47 Å². The van der Waals surface area contributed by atoms with E-state index in [-0.39, 0.29) is 16.1 Å². The van der Waals surface area contributed by atoms with E-state index in [0.29, 0.717) is 0 Å². The second kappa shape index (κ2) is 7.01. The van der Waals surface area contributed by atoms with Crippen molar-refractivity contribution in [1.29, 1.82) is 0 Å². The van der Waals surface area contributed by atoms with Crippen LogP contribution in [0, 0.1) is 0 Å². The fourth-order valence-electron chi connectivity index (χ4n) is 1.88. The number of methoxy groups -OCH3 is 1. The van der Waals surface area contributed by atoms with Crippen LogP contribution in [0.5, 0.6) is 5.75 Å². The molecule has 1 N–H and O–H groups in total. The predicted octanol–water partition coefficient (Wildman–Crippen LogP) is 3.17. The van der Waals surface area contributed by atoms with Gasteiger partial charge in [-0.05, 0) is 36.4 Å². The van der Waals surface area contributed by atoms with Gasteiger partial charge in [-0.25, -0.2) is 13.2 Å². The minimum Gasteiger partial charge on any atom is -0.465 e. The van der Waals surface area contributed by atoms with Crippen LogP contribution < -0.4 is 9.46 Å². The highest BCUT2D eigenvalue weighted by Crippen LogP contribution is 2.25. The van der Waals surface area contributed by atoms with E-state index in [0.717, 1.165) is 31.4 Å². The Morgan fingerprint density at radius 1 is 1.04 bits per heavy atom. The molecule has 0 radical (unpaired) electrons. The van der Waals surface area contributed by atoms with Gasteiger partial charge in [-0.1, -0.05) is 12.1 Å².